The van der Waals surface area contributed by atoms with Crippen molar-refractivity contribution >= 4 is 12.5 Å². The van der Waals surface area contributed by atoms with Gasteiger partial charge in [0.1, 0.15) is 0 Å². The molecular weight excluding hydrogens is 242 g/mol. The van der Waals surface area contributed by atoms with Crippen molar-refractivity contribution < 1.29 is 14.3 Å². The fourth-order valence-electron chi connectivity index (χ4n) is 1.96. The molecule has 0 heterocycles. The summed E-state index contributed by atoms with van der Waals surface area (Å²) in [6.45, 7) is 4.64. The molecule has 19 heavy (non-hydrogen) atoms. The van der Waals surface area contributed by atoms with Gasteiger partial charge in [-0.1, -0.05) is 58.3 Å². The summed E-state index contributed by atoms with van der Waals surface area (Å²) >= 11 is 0. The number of rotatable bonds is 12. The van der Waals surface area contributed by atoms with Gasteiger partial charge in [0.2, 0.25) is 0 Å². The average molecular weight is 270 g/mol. The smallest absolute Gasteiger partial charge is 0.416 e. The van der Waals surface area contributed by atoms with E-state index in [0.29, 0.717) is 6.54 Å². The van der Waals surface area contributed by atoms with E-state index < -0.39 is 6.09 Å². The Morgan fingerprint density at radius 2 is 1.47 bits per heavy atom. The number of imide groups is 1. The highest BCUT2D eigenvalue weighted by atomic mass is 16.6. The van der Waals surface area contributed by atoms with E-state index in [-0.39, 0.29) is 6.61 Å². The van der Waals surface area contributed by atoms with Gasteiger partial charge in [-0.3, -0.25) is 4.79 Å². The third-order valence-corrected chi connectivity index (χ3v) is 3.08. The maximum Gasteiger partial charge on any atom is 0.416 e. The molecule has 0 aromatic carbocycles. The zero-order valence-electron chi connectivity index (χ0n) is 12.5. The zero-order chi connectivity index (χ0) is 14.3. The van der Waals surface area contributed by atoms with Crippen LogP contribution in [0.1, 0.15) is 71.6 Å². The van der Waals surface area contributed by atoms with Gasteiger partial charge in [0.15, 0.2) is 0 Å². The van der Waals surface area contributed by atoms with Gasteiger partial charge >= 0.3 is 12.5 Å². The minimum atomic E-state index is -0.586. The molecule has 0 aliphatic carbocycles. The summed E-state index contributed by atoms with van der Waals surface area (Å²) in [6.07, 6.45) is 11.9. The van der Waals surface area contributed by atoms with E-state index in [1.165, 1.54) is 44.9 Å². The number of unbranched alkanes of at least 4 members (excludes halogenated alkanes) is 8. The van der Waals surface area contributed by atoms with E-state index in [4.69, 9.17) is 4.74 Å². The predicted octanol–water partition coefficient (Wildman–Crippen LogP) is 4.04. The minimum Gasteiger partial charge on any atom is -0.449 e. The second-order valence-corrected chi connectivity index (χ2v) is 4.77. The molecule has 111 valence electrons. The molecule has 0 unspecified atom stereocenters. The second kappa shape index (κ2) is 13.4. The fraction of sp³-hybridized carbons (Fsp3) is 0.867. The Bertz CT molecular complexity index is 231. The van der Waals surface area contributed by atoms with Crippen LogP contribution in [0.5, 0.6) is 0 Å². The molecule has 0 rings (SSSR count). The Morgan fingerprint density at radius 1 is 0.947 bits per heavy atom. The summed E-state index contributed by atoms with van der Waals surface area (Å²) in [5.41, 5.74) is 0. The Morgan fingerprint density at radius 3 is 1.95 bits per heavy atom. The molecule has 0 saturated carbocycles. The van der Waals surface area contributed by atoms with E-state index in [0.717, 1.165) is 17.7 Å². The predicted molar refractivity (Wildman–Crippen MR) is 76.6 cm³/mol. The standard InChI is InChI=1S/C15H28NO3/c1-3-5-6-7-8-9-10-11-12-13-16(14-17)15(18)19-4-2/h3-13H2,1-2H3. The zero-order valence-corrected chi connectivity index (χ0v) is 12.5. The van der Waals surface area contributed by atoms with Crippen molar-refractivity contribution in [1.82, 2.24) is 4.90 Å². The number of nitrogens with zero attached hydrogens (tertiary/aromatic N) is 1. The lowest BCUT2D eigenvalue weighted by Crippen LogP contribution is -2.31. The Labute approximate surface area is 117 Å². The van der Waals surface area contributed by atoms with Crippen LogP contribution in [0.25, 0.3) is 0 Å². The van der Waals surface area contributed by atoms with Crippen molar-refractivity contribution in [2.75, 3.05) is 13.2 Å². The highest BCUT2D eigenvalue weighted by molar-refractivity contribution is 5.80. The number of carbonyl (C=O) groups excluding carboxylic acids is 2. The molecule has 1 radical (unpaired) electrons. The van der Waals surface area contributed by atoms with E-state index >= 15 is 0 Å². The van der Waals surface area contributed by atoms with Crippen molar-refractivity contribution in [2.24, 2.45) is 0 Å². The van der Waals surface area contributed by atoms with E-state index in [2.05, 4.69) is 6.92 Å². The molecule has 4 nitrogen and oxygen atoms in total. The third kappa shape index (κ3) is 10.5. The first-order valence-corrected chi connectivity index (χ1v) is 7.58. The van der Waals surface area contributed by atoms with Gasteiger partial charge in [0.05, 0.1) is 6.61 Å². The lowest BCUT2D eigenvalue weighted by atomic mass is 10.1. The monoisotopic (exact) mass is 270 g/mol. The Hall–Kier alpha value is -1.06. The van der Waals surface area contributed by atoms with Crippen molar-refractivity contribution in [3.05, 3.63) is 0 Å². The summed E-state index contributed by atoms with van der Waals surface area (Å²) in [4.78, 5) is 22.9. The van der Waals surface area contributed by atoms with Gasteiger partial charge in [-0.05, 0) is 13.3 Å². The minimum absolute atomic E-state index is 0.286. The molecule has 0 spiro atoms. The van der Waals surface area contributed by atoms with Gasteiger partial charge in [-0.2, -0.15) is 0 Å². The third-order valence-electron chi connectivity index (χ3n) is 3.08. The van der Waals surface area contributed by atoms with Crippen LogP contribution in [0.15, 0.2) is 0 Å². The summed E-state index contributed by atoms with van der Waals surface area (Å²) in [6, 6.07) is 0. The number of ether oxygens (including phenoxy) is 1. The molecule has 0 aromatic heterocycles. The highest BCUT2D eigenvalue weighted by Gasteiger charge is 2.13. The maximum absolute atomic E-state index is 11.3. The van der Waals surface area contributed by atoms with Crippen LogP contribution in [0.3, 0.4) is 0 Å². The van der Waals surface area contributed by atoms with Crippen molar-refractivity contribution in [3.8, 4) is 0 Å². The van der Waals surface area contributed by atoms with Crippen molar-refractivity contribution in [3.63, 3.8) is 0 Å². The van der Waals surface area contributed by atoms with Crippen molar-refractivity contribution in [2.45, 2.75) is 71.6 Å². The Kier molecular flexibility index (Phi) is 12.6. The van der Waals surface area contributed by atoms with E-state index in [9.17, 15) is 9.59 Å². The van der Waals surface area contributed by atoms with Crippen LogP contribution in [-0.2, 0) is 9.53 Å². The van der Waals surface area contributed by atoms with Gasteiger partial charge in [-0.25, -0.2) is 9.69 Å². The molecule has 4 heteroatoms. The lowest BCUT2D eigenvalue weighted by molar-refractivity contribution is 0.126. The van der Waals surface area contributed by atoms with Crippen LogP contribution in [0.2, 0.25) is 0 Å². The van der Waals surface area contributed by atoms with Gasteiger partial charge in [0, 0.05) is 6.54 Å². The molecule has 2 amide bonds. The average Bonchev–Trinajstić information content (AvgIpc) is 2.41. The largest absolute Gasteiger partial charge is 0.449 e. The normalized spacial score (nSPS) is 10.2. The summed E-state index contributed by atoms with van der Waals surface area (Å²) < 4.78 is 4.75. The van der Waals surface area contributed by atoms with Crippen LogP contribution in [-0.4, -0.2) is 30.6 Å². The molecule has 0 aromatic rings. The quantitative estimate of drug-likeness (QED) is 0.397. The van der Waals surface area contributed by atoms with Gasteiger partial charge in [-0.15, -0.1) is 0 Å². The van der Waals surface area contributed by atoms with Crippen LogP contribution >= 0.6 is 0 Å². The first-order valence-electron chi connectivity index (χ1n) is 7.58. The van der Waals surface area contributed by atoms with Crippen molar-refractivity contribution in [1.29, 1.82) is 0 Å². The van der Waals surface area contributed by atoms with Gasteiger partial charge in [0.25, 0.3) is 0 Å². The maximum atomic E-state index is 11.3. The first-order chi connectivity index (χ1) is 9.26. The summed E-state index contributed by atoms with van der Waals surface area (Å²) in [5, 5.41) is 0. The number of amides is 2. The molecule has 0 saturated heterocycles. The molecule has 0 fully saturated rings. The van der Waals surface area contributed by atoms with Crippen LogP contribution in [0.4, 0.5) is 4.79 Å². The highest BCUT2D eigenvalue weighted by Crippen LogP contribution is 2.09. The van der Waals surface area contributed by atoms with Crippen LogP contribution in [0, 0.1) is 0 Å². The first kappa shape index (κ1) is 17.9. The molecule has 0 atom stereocenters. The number of hydrogen-bond acceptors (Lipinski definition) is 3. The molecule has 0 bridgehead atoms. The van der Waals surface area contributed by atoms with Gasteiger partial charge < -0.3 is 4.74 Å². The van der Waals surface area contributed by atoms with E-state index in [1.54, 1.807) is 13.3 Å². The molecule has 0 aliphatic heterocycles. The summed E-state index contributed by atoms with van der Waals surface area (Å²) in [5.74, 6) is 0. The molecular formula is C15H28NO3. The van der Waals surface area contributed by atoms with E-state index in [1.807, 2.05) is 0 Å². The number of hydrogen-bond donors (Lipinski definition) is 0. The van der Waals surface area contributed by atoms with Crippen LogP contribution < -0.4 is 0 Å². The topological polar surface area (TPSA) is 46.6 Å². The molecule has 0 aliphatic rings. The lowest BCUT2D eigenvalue weighted by Gasteiger charge is -2.13. The molecule has 0 N–H and O–H groups in total. The fourth-order valence-corrected chi connectivity index (χ4v) is 1.96. The summed E-state index contributed by atoms with van der Waals surface area (Å²) in [7, 11) is 0. The number of carbonyl (C=O) groups is 1. The second-order valence-electron chi connectivity index (χ2n) is 4.77. The Balaban J connectivity index is 3.41. The SMILES string of the molecule is CCCCCCCCCCCN([C]=O)C(=O)OCC.